The third-order valence-electron chi connectivity index (χ3n) is 3.41. The van der Waals surface area contributed by atoms with Gasteiger partial charge in [0.05, 0.1) is 0 Å². The Bertz CT molecular complexity index is 374. The molecule has 0 heteroatoms. The number of hydrogen-bond donors (Lipinski definition) is 0. The molecule has 0 saturated heterocycles. The van der Waals surface area contributed by atoms with Gasteiger partial charge in [0, 0.05) is 11.8 Å². The van der Waals surface area contributed by atoms with Crippen molar-refractivity contribution in [2.24, 2.45) is 0 Å². The van der Waals surface area contributed by atoms with E-state index in [0.717, 1.165) is 11.8 Å². The van der Waals surface area contributed by atoms with E-state index in [0.29, 0.717) is 0 Å². The molecule has 2 unspecified atom stereocenters. The van der Waals surface area contributed by atoms with Crippen molar-refractivity contribution in [1.82, 2.24) is 0 Å². The summed E-state index contributed by atoms with van der Waals surface area (Å²) >= 11 is 0. The Morgan fingerprint density at radius 2 is 1.69 bits per heavy atom. The van der Waals surface area contributed by atoms with Gasteiger partial charge in [-0.3, -0.25) is 0 Å². The van der Waals surface area contributed by atoms with Crippen molar-refractivity contribution in [3.8, 4) is 0 Å². The van der Waals surface area contributed by atoms with E-state index >= 15 is 0 Å². The van der Waals surface area contributed by atoms with Gasteiger partial charge in [-0.1, -0.05) is 35.9 Å². The molecule has 13 heavy (non-hydrogen) atoms. The Morgan fingerprint density at radius 3 is 2.38 bits per heavy atom. The molecule has 0 spiro atoms. The van der Waals surface area contributed by atoms with Crippen LogP contribution in [-0.2, 0) is 0 Å². The number of rotatable bonds is 0. The van der Waals surface area contributed by atoms with Crippen LogP contribution in [0.15, 0.2) is 30.4 Å². The second kappa shape index (κ2) is 2.47. The highest BCUT2D eigenvalue weighted by atomic mass is 14.3. The van der Waals surface area contributed by atoms with Gasteiger partial charge >= 0.3 is 0 Å². The minimum Gasteiger partial charge on any atom is -0.0804 e. The van der Waals surface area contributed by atoms with Crippen LogP contribution in [0.5, 0.6) is 0 Å². The van der Waals surface area contributed by atoms with Gasteiger partial charge < -0.3 is 0 Å². The monoisotopic (exact) mass is 170 g/mol. The minimum absolute atomic E-state index is 0.722. The summed E-state index contributed by atoms with van der Waals surface area (Å²) in [5.41, 5.74) is 4.59. The Morgan fingerprint density at radius 1 is 1.00 bits per heavy atom. The summed E-state index contributed by atoms with van der Waals surface area (Å²) in [7, 11) is 0. The molecule has 0 aromatic heterocycles. The van der Waals surface area contributed by atoms with E-state index < -0.39 is 0 Å². The summed E-state index contributed by atoms with van der Waals surface area (Å²) in [5.74, 6) is 1.44. The molecule has 0 amide bonds. The maximum Gasteiger partial charge on any atom is 0.00215 e. The number of benzene rings is 1. The standard InChI is InChI=1S/C13H14/c1-9-2-7-12-10-3-5-11(6-4-10)13(12)8-9/h2-3,5,7-8,10-11H,4,6H2,1H3. The molecule has 0 radical (unpaired) electrons. The van der Waals surface area contributed by atoms with Crippen LogP contribution in [0.4, 0.5) is 0 Å². The molecule has 4 rings (SSSR count). The molecular formula is C13H14. The molecule has 1 aromatic carbocycles. The van der Waals surface area contributed by atoms with Crippen LogP contribution in [0.2, 0.25) is 0 Å². The zero-order valence-electron chi connectivity index (χ0n) is 7.96. The van der Waals surface area contributed by atoms with E-state index in [1.54, 1.807) is 11.1 Å². The van der Waals surface area contributed by atoms with E-state index in [-0.39, 0.29) is 0 Å². The second-order valence-electron chi connectivity index (χ2n) is 4.31. The van der Waals surface area contributed by atoms with Gasteiger partial charge in [-0.15, -0.1) is 0 Å². The molecule has 0 aliphatic heterocycles. The Kier molecular flexibility index (Phi) is 1.40. The van der Waals surface area contributed by atoms with Crippen LogP contribution in [-0.4, -0.2) is 0 Å². The van der Waals surface area contributed by atoms with Gasteiger partial charge in [-0.2, -0.15) is 0 Å². The average Bonchev–Trinajstić information content (AvgIpc) is 2.19. The number of allylic oxidation sites excluding steroid dienone is 2. The van der Waals surface area contributed by atoms with Crippen molar-refractivity contribution in [2.45, 2.75) is 31.6 Å². The van der Waals surface area contributed by atoms with Crippen LogP contribution in [0, 0.1) is 6.92 Å². The van der Waals surface area contributed by atoms with Crippen LogP contribution in [0.25, 0.3) is 0 Å². The van der Waals surface area contributed by atoms with Gasteiger partial charge in [-0.05, 0) is 30.9 Å². The molecule has 3 aliphatic carbocycles. The fourth-order valence-electron chi connectivity index (χ4n) is 2.69. The topological polar surface area (TPSA) is 0 Å². The van der Waals surface area contributed by atoms with Crippen LogP contribution in [0.3, 0.4) is 0 Å². The highest BCUT2D eigenvalue weighted by Crippen LogP contribution is 2.44. The van der Waals surface area contributed by atoms with Crippen molar-refractivity contribution in [1.29, 1.82) is 0 Å². The maximum atomic E-state index is 2.40. The smallest absolute Gasteiger partial charge is 0.00215 e. The van der Waals surface area contributed by atoms with Crippen molar-refractivity contribution < 1.29 is 0 Å². The fraction of sp³-hybridized carbons (Fsp3) is 0.385. The highest BCUT2D eigenvalue weighted by Gasteiger charge is 2.28. The van der Waals surface area contributed by atoms with Crippen LogP contribution in [0.1, 0.15) is 41.4 Å². The van der Waals surface area contributed by atoms with E-state index in [2.05, 4.69) is 37.3 Å². The first-order valence-electron chi connectivity index (χ1n) is 5.13. The number of fused-ring (bicyclic) bond motifs is 1. The third kappa shape index (κ3) is 0.980. The summed E-state index contributed by atoms with van der Waals surface area (Å²) in [6.45, 7) is 2.19. The summed E-state index contributed by atoms with van der Waals surface area (Å²) in [4.78, 5) is 0. The average molecular weight is 170 g/mol. The lowest BCUT2D eigenvalue weighted by Gasteiger charge is -2.33. The number of aryl methyl sites for hydroxylation is 1. The first-order valence-corrected chi connectivity index (χ1v) is 5.13. The lowest BCUT2D eigenvalue weighted by Crippen LogP contribution is -2.16. The summed E-state index contributed by atoms with van der Waals surface area (Å²) < 4.78 is 0. The number of hydrogen-bond acceptors (Lipinski definition) is 0. The lowest BCUT2D eigenvalue weighted by atomic mass is 9.71. The molecule has 2 bridgehead atoms. The summed E-state index contributed by atoms with van der Waals surface area (Å²) in [6, 6.07) is 6.94. The lowest BCUT2D eigenvalue weighted by molar-refractivity contribution is 0.553. The minimum atomic E-state index is 0.722. The van der Waals surface area contributed by atoms with Crippen molar-refractivity contribution in [2.75, 3.05) is 0 Å². The van der Waals surface area contributed by atoms with Crippen molar-refractivity contribution in [3.05, 3.63) is 47.0 Å². The molecule has 3 aliphatic rings. The van der Waals surface area contributed by atoms with Gasteiger partial charge in [0.15, 0.2) is 0 Å². The molecule has 1 aromatic rings. The SMILES string of the molecule is Cc1ccc2c(c1)C1C=CC2CC1. The molecule has 0 nitrogen and oxygen atoms in total. The zero-order valence-corrected chi connectivity index (χ0v) is 7.96. The molecular weight excluding hydrogens is 156 g/mol. The Labute approximate surface area is 79.3 Å². The predicted molar refractivity (Wildman–Crippen MR) is 55.0 cm³/mol. The molecule has 0 N–H and O–H groups in total. The van der Waals surface area contributed by atoms with Gasteiger partial charge in [0.1, 0.15) is 0 Å². The van der Waals surface area contributed by atoms with E-state index in [9.17, 15) is 0 Å². The largest absolute Gasteiger partial charge is 0.0804 e. The summed E-state index contributed by atoms with van der Waals surface area (Å²) in [6.07, 6.45) is 7.51. The highest BCUT2D eigenvalue weighted by molar-refractivity contribution is 5.45. The first-order chi connectivity index (χ1) is 6.34. The van der Waals surface area contributed by atoms with E-state index in [4.69, 9.17) is 0 Å². The fourth-order valence-corrected chi connectivity index (χ4v) is 2.69. The van der Waals surface area contributed by atoms with Crippen molar-refractivity contribution >= 4 is 0 Å². The first kappa shape index (κ1) is 7.37. The zero-order chi connectivity index (χ0) is 8.84. The van der Waals surface area contributed by atoms with Gasteiger partial charge in [0.25, 0.3) is 0 Å². The third-order valence-corrected chi connectivity index (χ3v) is 3.41. The predicted octanol–water partition coefficient (Wildman–Crippen LogP) is 3.53. The molecule has 0 saturated carbocycles. The Balaban J connectivity index is 2.22. The van der Waals surface area contributed by atoms with Gasteiger partial charge in [-0.25, -0.2) is 0 Å². The molecule has 66 valence electrons. The molecule has 0 heterocycles. The van der Waals surface area contributed by atoms with Crippen molar-refractivity contribution in [3.63, 3.8) is 0 Å². The quantitative estimate of drug-likeness (QED) is 0.522. The van der Waals surface area contributed by atoms with E-state index in [1.165, 1.54) is 18.4 Å². The normalized spacial score (nSPS) is 29.0. The molecule has 0 fully saturated rings. The Hall–Kier alpha value is -1.04. The molecule has 2 atom stereocenters. The van der Waals surface area contributed by atoms with Crippen LogP contribution < -0.4 is 0 Å². The van der Waals surface area contributed by atoms with Gasteiger partial charge in [0.2, 0.25) is 0 Å². The maximum absolute atomic E-state index is 2.40. The second-order valence-corrected chi connectivity index (χ2v) is 4.31. The van der Waals surface area contributed by atoms with Crippen LogP contribution >= 0.6 is 0 Å². The summed E-state index contributed by atoms with van der Waals surface area (Å²) in [5, 5.41) is 0. The van der Waals surface area contributed by atoms with E-state index in [1.807, 2.05) is 0 Å².